The second kappa shape index (κ2) is 15.1. The van der Waals surface area contributed by atoms with Crippen molar-refractivity contribution in [1.82, 2.24) is 34.8 Å². The Labute approximate surface area is 321 Å². The number of carbonyl (C=O) groups is 2. The van der Waals surface area contributed by atoms with Gasteiger partial charge in [-0.05, 0) is 66.0 Å². The summed E-state index contributed by atoms with van der Waals surface area (Å²) in [5.74, 6) is -1.15. The second-order valence-corrected chi connectivity index (χ2v) is 15.0. The maximum absolute atomic E-state index is 15.2. The Morgan fingerprint density at radius 1 is 1.09 bits per heavy atom. The lowest BCUT2D eigenvalue weighted by Gasteiger charge is -2.35. The van der Waals surface area contributed by atoms with Gasteiger partial charge in [0.15, 0.2) is 11.4 Å². The molecule has 0 radical (unpaired) electrons. The number of aliphatic imine (C=N–C) groups is 1. The summed E-state index contributed by atoms with van der Waals surface area (Å²) >= 11 is 6.50. The molecule has 0 unspecified atom stereocenters. The number of amides is 2. The van der Waals surface area contributed by atoms with Crippen LogP contribution in [-0.2, 0) is 21.7 Å². The first-order valence-corrected chi connectivity index (χ1v) is 18.2. The summed E-state index contributed by atoms with van der Waals surface area (Å²) in [6.07, 6.45) is 3.49. The van der Waals surface area contributed by atoms with Crippen molar-refractivity contribution in [3.63, 3.8) is 0 Å². The van der Waals surface area contributed by atoms with Crippen LogP contribution in [-0.4, -0.2) is 47.4 Å². The number of nitrogens with one attached hydrogen (secondary N) is 1. The van der Waals surface area contributed by atoms with Gasteiger partial charge < -0.3 is 4.74 Å². The van der Waals surface area contributed by atoms with Crippen LogP contribution in [0.3, 0.4) is 0 Å². The third-order valence-electron chi connectivity index (χ3n) is 9.87. The lowest BCUT2D eigenvalue weighted by molar-refractivity contribution is -0.134. The number of nitrogens with zero attached hydrogens (tertiary/aromatic N) is 8. The van der Waals surface area contributed by atoms with Crippen LogP contribution in [0.4, 0.5) is 13.6 Å². The van der Waals surface area contributed by atoms with Gasteiger partial charge in [0.1, 0.15) is 12.9 Å². The molecule has 3 heterocycles. The number of alkyl carbamates (subject to hydrolysis) is 1. The first-order chi connectivity index (χ1) is 26.4. The lowest BCUT2D eigenvalue weighted by Crippen LogP contribution is -2.48. The van der Waals surface area contributed by atoms with Gasteiger partial charge in [-0.15, -0.1) is 0 Å². The molecule has 2 aromatic heterocycles. The summed E-state index contributed by atoms with van der Waals surface area (Å²) in [6, 6.07) is 23.2. The first kappa shape index (κ1) is 37.4. The van der Waals surface area contributed by atoms with Gasteiger partial charge in [0, 0.05) is 18.2 Å². The lowest BCUT2D eigenvalue weighted by atomic mass is 9.73. The van der Waals surface area contributed by atoms with E-state index in [0.717, 1.165) is 40.5 Å². The maximum Gasteiger partial charge on any atom is 0.414 e. The molecule has 12 nitrogen and oxygen atoms in total. The molecule has 1 aliphatic heterocycles. The number of benzene rings is 3. The highest BCUT2D eigenvalue weighted by Crippen LogP contribution is 2.47. The van der Waals surface area contributed by atoms with E-state index in [1.807, 2.05) is 85.5 Å². The van der Waals surface area contributed by atoms with Gasteiger partial charge in [-0.1, -0.05) is 86.1 Å². The largest absolute Gasteiger partial charge is 0.444 e. The predicted octanol–water partition coefficient (Wildman–Crippen LogP) is 8.47. The summed E-state index contributed by atoms with van der Waals surface area (Å²) in [5, 5.41) is 21.1. The number of guanidine groups is 1. The number of alkyl halides is 2. The van der Waals surface area contributed by atoms with Crippen molar-refractivity contribution in [2.75, 3.05) is 0 Å². The van der Waals surface area contributed by atoms with Crippen molar-refractivity contribution >= 4 is 29.6 Å². The Balaban J connectivity index is 1.29. The van der Waals surface area contributed by atoms with E-state index in [4.69, 9.17) is 21.3 Å². The van der Waals surface area contributed by atoms with E-state index in [1.54, 1.807) is 19.1 Å². The van der Waals surface area contributed by atoms with Crippen LogP contribution in [0.15, 0.2) is 96.5 Å². The van der Waals surface area contributed by atoms with Gasteiger partial charge in [0.2, 0.25) is 5.96 Å². The molecule has 282 valence electrons. The van der Waals surface area contributed by atoms with E-state index in [1.165, 1.54) is 11.0 Å². The van der Waals surface area contributed by atoms with Gasteiger partial charge in [0.05, 0.1) is 35.1 Å². The molecular weight excluding hydrogens is 728 g/mol. The third-order valence-corrected chi connectivity index (χ3v) is 10.2. The molecule has 0 saturated heterocycles. The quantitative estimate of drug-likeness (QED) is 0.134. The fourth-order valence-corrected chi connectivity index (χ4v) is 7.10. The topological polar surface area (TPSA) is 143 Å². The van der Waals surface area contributed by atoms with Gasteiger partial charge in [-0.3, -0.25) is 19.7 Å². The van der Waals surface area contributed by atoms with E-state index in [2.05, 4.69) is 26.6 Å². The SMILES string of the molecule is C[C@@H](c1ccc(Cl)c(-n2ncnc2C(F)F)c1)N1C(=O)[C@@](CC(C)(C)CC#N)(c2ccc(-c3cnn(C4CC4)c3)cc2)N=C1NC(=O)OCc1ccccc1. The smallest absolute Gasteiger partial charge is 0.414 e. The molecular formula is C40H38ClF2N9O3. The average Bonchev–Trinajstić information content (AvgIpc) is 3.56. The Morgan fingerprint density at radius 2 is 1.84 bits per heavy atom. The van der Waals surface area contributed by atoms with Crippen molar-refractivity contribution in [2.24, 2.45) is 10.4 Å². The minimum Gasteiger partial charge on any atom is -0.444 e. The monoisotopic (exact) mass is 765 g/mol. The summed E-state index contributed by atoms with van der Waals surface area (Å²) in [6.45, 7) is 5.47. The highest BCUT2D eigenvalue weighted by molar-refractivity contribution is 6.32. The van der Waals surface area contributed by atoms with Gasteiger partial charge in [-0.25, -0.2) is 28.2 Å². The van der Waals surface area contributed by atoms with Crippen LogP contribution in [0.5, 0.6) is 0 Å². The number of carbonyl (C=O) groups excluding carboxylic acids is 2. The molecule has 2 aliphatic rings. The molecule has 5 aromatic rings. The Kier molecular flexibility index (Phi) is 10.2. The fraction of sp³-hybridized carbons (Fsp3) is 0.325. The van der Waals surface area contributed by atoms with Crippen LogP contribution in [0.25, 0.3) is 16.8 Å². The third kappa shape index (κ3) is 7.70. The number of halogens is 3. The number of hydrogen-bond donors (Lipinski definition) is 1. The molecule has 0 spiro atoms. The van der Waals surface area contributed by atoms with Crippen molar-refractivity contribution in [3.05, 3.63) is 119 Å². The van der Waals surface area contributed by atoms with Gasteiger partial charge >= 0.3 is 6.09 Å². The molecule has 2 amide bonds. The van der Waals surface area contributed by atoms with Gasteiger partial charge in [-0.2, -0.15) is 15.5 Å². The summed E-state index contributed by atoms with van der Waals surface area (Å²) < 4.78 is 36.2. The molecule has 0 bridgehead atoms. The maximum atomic E-state index is 15.2. The molecule has 15 heteroatoms. The highest BCUT2D eigenvalue weighted by Gasteiger charge is 2.54. The molecule has 1 N–H and O–H groups in total. The zero-order valence-electron chi connectivity index (χ0n) is 30.4. The number of rotatable bonds is 12. The summed E-state index contributed by atoms with van der Waals surface area (Å²) in [7, 11) is 0. The van der Waals surface area contributed by atoms with Crippen LogP contribution >= 0.6 is 11.6 Å². The predicted molar refractivity (Wildman–Crippen MR) is 200 cm³/mol. The minimum atomic E-state index is -2.93. The first-order valence-electron chi connectivity index (χ1n) is 17.8. The zero-order chi connectivity index (χ0) is 38.9. The molecule has 2 atom stereocenters. The number of hydrogen-bond acceptors (Lipinski definition) is 8. The minimum absolute atomic E-state index is 0.0342. The summed E-state index contributed by atoms with van der Waals surface area (Å²) in [5.41, 5.74) is 1.45. The van der Waals surface area contributed by atoms with Gasteiger partial charge in [0.25, 0.3) is 12.3 Å². The molecule has 55 heavy (non-hydrogen) atoms. The number of aromatic nitrogens is 5. The number of nitriles is 1. The Hall–Kier alpha value is -5.94. The molecule has 3 aromatic carbocycles. The van der Waals surface area contributed by atoms with Crippen LogP contribution in [0.1, 0.15) is 87.5 Å². The normalized spacial score (nSPS) is 17.6. The van der Waals surface area contributed by atoms with Crippen LogP contribution in [0, 0.1) is 16.7 Å². The molecule has 1 saturated carbocycles. The van der Waals surface area contributed by atoms with E-state index >= 15 is 4.79 Å². The molecule has 7 rings (SSSR count). The van der Waals surface area contributed by atoms with E-state index in [9.17, 15) is 18.8 Å². The average molecular weight is 766 g/mol. The molecule has 1 fully saturated rings. The van der Waals surface area contributed by atoms with E-state index < -0.39 is 41.2 Å². The van der Waals surface area contributed by atoms with Crippen molar-refractivity contribution in [2.45, 2.75) is 77.1 Å². The van der Waals surface area contributed by atoms with Crippen LogP contribution in [0.2, 0.25) is 5.02 Å². The van der Waals surface area contributed by atoms with Crippen LogP contribution < -0.4 is 5.32 Å². The molecule has 1 aliphatic carbocycles. The van der Waals surface area contributed by atoms with E-state index in [0.29, 0.717) is 17.2 Å². The van der Waals surface area contributed by atoms with Crippen molar-refractivity contribution < 1.29 is 23.1 Å². The highest BCUT2D eigenvalue weighted by atomic mass is 35.5. The summed E-state index contributed by atoms with van der Waals surface area (Å²) in [4.78, 5) is 38.7. The standard InChI is InChI=1S/C40H38ClF2N9O3/c1-25(28-11-16-32(41)33(19-28)52-35(34(42)43)45-24-47-52)51-36(53)40(23-39(2,3)17-18-44,49-37(51)48-38(54)55-22-26-7-5-4-6-8-26)30-12-9-27(10-13-30)29-20-46-50(21-29)31-14-15-31/h4-13,16,19-21,24-25,31,34H,14-15,17,22-23H2,1-3H3,(H,48,49,54)/t25-,40+/m0/s1. The fourth-order valence-electron chi connectivity index (χ4n) is 6.90. The zero-order valence-corrected chi connectivity index (χ0v) is 31.1. The van der Waals surface area contributed by atoms with E-state index in [-0.39, 0.29) is 36.1 Å². The van der Waals surface area contributed by atoms with Crippen molar-refractivity contribution in [3.8, 4) is 22.9 Å². The Morgan fingerprint density at radius 3 is 2.53 bits per heavy atom. The Bertz CT molecular complexity index is 2280. The second-order valence-electron chi connectivity index (χ2n) is 14.6. The van der Waals surface area contributed by atoms with Crippen molar-refractivity contribution in [1.29, 1.82) is 5.26 Å². The number of ether oxygens (including phenoxy) is 1.